The average molecular weight is 274 g/mol. The van der Waals surface area contributed by atoms with E-state index in [9.17, 15) is 4.79 Å². The number of carbonyl (C=O) groups is 1. The molecule has 0 radical (unpaired) electrons. The van der Waals surface area contributed by atoms with Crippen LogP contribution in [0.1, 0.15) is 23.7 Å². The van der Waals surface area contributed by atoms with Gasteiger partial charge in [0.15, 0.2) is 17.3 Å². The van der Waals surface area contributed by atoms with Gasteiger partial charge in [-0.05, 0) is 31.2 Å². The first-order chi connectivity index (χ1) is 8.22. The van der Waals surface area contributed by atoms with Crippen LogP contribution in [0.25, 0.3) is 0 Å². The highest BCUT2D eigenvalue weighted by molar-refractivity contribution is 5.98. The third-order valence-corrected chi connectivity index (χ3v) is 2.42. The van der Waals surface area contributed by atoms with E-state index in [4.69, 9.17) is 9.47 Å². The predicted molar refractivity (Wildman–Crippen MR) is 74.3 cm³/mol. The maximum atomic E-state index is 11.8. The molecule has 0 aliphatic heterocycles. The maximum absolute atomic E-state index is 11.8. The summed E-state index contributed by atoms with van der Waals surface area (Å²) in [4.78, 5) is 11.8. The van der Waals surface area contributed by atoms with Crippen LogP contribution in [0.3, 0.4) is 0 Å². The molecule has 0 fully saturated rings. The summed E-state index contributed by atoms with van der Waals surface area (Å²) in [5.41, 5.74) is 0.631. The van der Waals surface area contributed by atoms with E-state index in [1.54, 1.807) is 32.4 Å². The highest BCUT2D eigenvalue weighted by atomic mass is 35.5. The van der Waals surface area contributed by atoms with E-state index in [-0.39, 0.29) is 18.2 Å². The van der Waals surface area contributed by atoms with Crippen LogP contribution in [0.2, 0.25) is 0 Å². The minimum absolute atomic E-state index is 0. The van der Waals surface area contributed by atoms with Gasteiger partial charge >= 0.3 is 0 Å². The van der Waals surface area contributed by atoms with Gasteiger partial charge in [-0.15, -0.1) is 12.4 Å². The fourth-order valence-corrected chi connectivity index (χ4v) is 1.49. The van der Waals surface area contributed by atoms with Crippen LogP contribution in [-0.4, -0.2) is 33.1 Å². The SMILES string of the molecule is CCCNCC(=O)c1ccc(OC)c(OC)c1.Cl. The lowest BCUT2D eigenvalue weighted by Crippen LogP contribution is -2.23. The first kappa shape index (κ1) is 16.7. The van der Waals surface area contributed by atoms with Crippen molar-refractivity contribution in [2.75, 3.05) is 27.3 Å². The van der Waals surface area contributed by atoms with Gasteiger partial charge in [-0.3, -0.25) is 4.79 Å². The zero-order valence-electron chi connectivity index (χ0n) is 11.0. The minimum Gasteiger partial charge on any atom is -0.493 e. The monoisotopic (exact) mass is 273 g/mol. The highest BCUT2D eigenvalue weighted by Crippen LogP contribution is 2.27. The van der Waals surface area contributed by atoms with E-state index < -0.39 is 0 Å². The van der Waals surface area contributed by atoms with Crippen LogP contribution in [-0.2, 0) is 0 Å². The van der Waals surface area contributed by atoms with Crippen LogP contribution in [0.4, 0.5) is 0 Å². The second-order valence-electron chi connectivity index (χ2n) is 3.67. The second kappa shape index (κ2) is 8.78. The molecular weight excluding hydrogens is 254 g/mol. The third kappa shape index (κ3) is 4.55. The van der Waals surface area contributed by atoms with Crippen molar-refractivity contribution in [3.8, 4) is 11.5 Å². The summed E-state index contributed by atoms with van der Waals surface area (Å²) < 4.78 is 10.3. The predicted octanol–water partition coefficient (Wildman–Crippen LogP) is 2.31. The van der Waals surface area contributed by atoms with Crippen molar-refractivity contribution in [1.29, 1.82) is 0 Å². The smallest absolute Gasteiger partial charge is 0.176 e. The molecule has 0 saturated heterocycles. The summed E-state index contributed by atoms with van der Waals surface area (Å²) in [6.07, 6.45) is 1.01. The molecule has 0 bridgehead atoms. The van der Waals surface area contributed by atoms with Crippen molar-refractivity contribution in [3.63, 3.8) is 0 Å². The number of ketones is 1. The van der Waals surface area contributed by atoms with Gasteiger partial charge in [-0.2, -0.15) is 0 Å². The number of rotatable bonds is 7. The molecule has 0 aromatic heterocycles. The van der Waals surface area contributed by atoms with Crippen molar-refractivity contribution in [3.05, 3.63) is 23.8 Å². The Morgan fingerprint density at radius 1 is 1.22 bits per heavy atom. The molecule has 18 heavy (non-hydrogen) atoms. The number of methoxy groups -OCH3 is 2. The minimum atomic E-state index is 0. The quantitative estimate of drug-likeness (QED) is 0.612. The number of hydrogen-bond acceptors (Lipinski definition) is 4. The van der Waals surface area contributed by atoms with Crippen molar-refractivity contribution in [2.45, 2.75) is 13.3 Å². The molecule has 0 heterocycles. The van der Waals surface area contributed by atoms with Gasteiger partial charge in [-0.1, -0.05) is 6.92 Å². The van der Waals surface area contributed by atoms with E-state index in [2.05, 4.69) is 12.2 Å². The Morgan fingerprint density at radius 3 is 2.44 bits per heavy atom. The molecule has 0 spiro atoms. The van der Waals surface area contributed by atoms with E-state index >= 15 is 0 Å². The molecule has 1 aromatic rings. The van der Waals surface area contributed by atoms with Gasteiger partial charge in [0.25, 0.3) is 0 Å². The molecular formula is C13H20ClNO3. The largest absolute Gasteiger partial charge is 0.493 e. The Morgan fingerprint density at radius 2 is 1.89 bits per heavy atom. The molecule has 0 saturated carbocycles. The first-order valence-electron chi connectivity index (χ1n) is 5.68. The van der Waals surface area contributed by atoms with E-state index in [0.29, 0.717) is 23.6 Å². The molecule has 1 aromatic carbocycles. The lowest BCUT2D eigenvalue weighted by Gasteiger charge is -2.09. The van der Waals surface area contributed by atoms with Crippen LogP contribution in [0, 0.1) is 0 Å². The fraction of sp³-hybridized carbons (Fsp3) is 0.462. The Labute approximate surface area is 114 Å². The molecule has 0 amide bonds. The summed E-state index contributed by atoms with van der Waals surface area (Å²) in [6.45, 7) is 3.26. The molecule has 1 rings (SSSR count). The van der Waals surface area contributed by atoms with E-state index in [0.717, 1.165) is 13.0 Å². The summed E-state index contributed by atoms with van der Waals surface area (Å²) in [6, 6.07) is 5.19. The van der Waals surface area contributed by atoms with Crippen LogP contribution in [0.5, 0.6) is 11.5 Å². The molecule has 5 heteroatoms. The first-order valence-corrected chi connectivity index (χ1v) is 5.68. The van der Waals surface area contributed by atoms with Crippen molar-refractivity contribution < 1.29 is 14.3 Å². The number of ether oxygens (including phenoxy) is 2. The summed E-state index contributed by atoms with van der Waals surface area (Å²) in [5.74, 6) is 1.26. The topological polar surface area (TPSA) is 47.6 Å². The van der Waals surface area contributed by atoms with Gasteiger partial charge in [0.2, 0.25) is 0 Å². The molecule has 1 N–H and O–H groups in total. The number of hydrogen-bond donors (Lipinski definition) is 1. The Balaban J connectivity index is 0.00000289. The number of nitrogens with one attached hydrogen (secondary N) is 1. The van der Waals surface area contributed by atoms with Gasteiger partial charge in [0.1, 0.15) is 0 Å². The summed E-state index contributed by atoms with van der Waals surface area (Å²) in [7, 11) is 3.13. The molecule has 0 atom stereocenters. The van der Waals surface area contributed by atoms with Crippen molar-refractivity contribution in [1.82, 2.24) is 5.32 Å². The third-order valence-electron chi connectivity index (χ3n) is 2.42. The van der Waals surface area contributed by atoms with Crippen LogP contribution in [0.15, 0.2) is 18.2 Å². The average Bonchev–Trinajstić information content (AvgIpc) is 2.38. The molecule has 0 aliphatic rings. The molecule has 4 nitrogen and oxygen atoms in total. The maximum Gasteiger partial charge on any atom is 0.176 e. The molecule has 102 valence electrons. The lowest BCUT2D eigenvalue weighted by atomic mass is 10.1. The number of halogens is 1. The highest BCUT2D eigenvalue weighted by Gasteiger charge is 2.09. The van der Waals surface area contributed by atoms with Gasteiger partial charge < -0.3 is 14.8 Å². The fourth-order valence-electron chi connectivity index (χ4n) is 1.49. The van der Waals surface area contributed by atoms with Gasteiger partial charge in [-0.25, -0.2) is 0 Å². The summed E-state index contributed by atoms with van der Waals surface area (Å²) in [5, 5.41) is 3.08. The molecule has 0 aliphatic carbocycles. The van der Waals surface area contributed by atoms with Gasteiger partial charge in [0.05, 0.1) is 20.8 Å². The van der Waals surface area contributed by atoms with E-state index in [1.165, 1.54) is 0 Å². The molecule has 0 unspecified atom stereocenters. The lowest BCUT2D eigenvalue weighted by molar-refractivity contribution is 0.0991. The van der Waals surface area contributed by atoms with Crippen LogP contribution >= 0.6 is 12.4 Å². The van der Waals surface area contributed by atoms with E-state index in [1.807, 2.05) is 0 Å². The standard InChI is InChI=1S/C13H19NO3.ClH/c1-4-7-14-9-11(15)10-5-6-12(16-2)13(8-10)17-3;/h5-6,8,14H,4,7,9H2,1-3H3;1H. The normalized spacial score (nSPS) is 9.50. The Hall–Kier alpha value is -1.26. The Kier molecular flexibility index (Phi) is 8.16. The van der Waals surface area contributed by atoms with Crippen LogP contribution < -0.4 is 14.8 Å². The number of Topliss-reactive ketones (excluding diaryl/α,β-unsaturated/α-hetero) is 1. The number of benzene rings is 1. The van der Waals surface area contributed by atoms with Crippen molar-refractivity contribution in [2.24, 2.45) is 0 Å². The van der Waals surface area contributed by atoms with Crippen molar-refractivity contribution >= 4 is 18.2 Å². The number of carbonyl (C=O) groups excluding carboxylic acids is 1. The zero-order valence-corrected chi connectivity index (χ0v) is 11.8. The van der Waals surface area contributed by atoms with Gasteiger partial charge in [0, 0.05) is 5.56 Å². The second-order valence-corrected chi connectivity index (χ2v) is 3.67. The summed E-state index contributed by atoms with van der Waals surface area (Å²) >= 11 is 0. The zero-order chi connectivity index (χ0) is 12.7. The Bertz CT molecular complexity index is 382.